The van der Waals surface area contributed by atoms with Crippen molar-refractivity contribution in [3.63, 3.8) is 0 Å². The van der Waals surface area contributed by atoms with Crippen LogP contribution in [0, 0.1) is 11.3 Å². The maximum atomic E-state index is 10.6. The number of hydrogen-bond acceptors (Lipinski definition) is 3. The minimum atomic E-state index is -1.03. The Morgan fingerprint density at radius 1 is 1.69 bits per heavy atom. The molecule has 0 unspecified atom stereocenters. The molecule has 0 spiro atoms. The van der Waals surface area contributed by atoms with E-state index in [4.69, 9.17) is 10.4 Å². The van der Waals surface area contributed by atoms with Crippen LogP contribution in [0.5, 0.6) is 0 Å². The van der Waals surface area contributed by atoms with Gasteiger partial charge in [0.25, 0.3) is 0 Å². The van der Waals surface area contributed by atoms with Gasteiger partial charge in [-0.3, -0.25) is 0 Å². The first-order valence-corrected chi connectivity index (χ1v) is 3.81. The topological polar surface area (TPSA) is 74.0 Å². The third-order valence-electron chi connectivity index (χ3n) is 1.60. The molecule has 4 nitrogen and oxygen atoms in total. The Morgan fingerprint density at radius 3 is 2.85 bits per heavy atom. The lowest BCUT2D eigenvalue weighted by molar-refractivity contribution is 0.0696. The summed E-state index contributed by atoms with van der Waals surface area (Å²) in [5.41, 5.74) is 0.886. The summed E-state index contributed by atoms with van der Waals surface area (Å²) in [6, 6.07) is 4.56. The number of pyridine rings is 1. The molecule has 0 aliphatic carbocycles. The molecule has 0 amide bonds. The molecule has 0 aliphatic heterocycles. The van der Waals surface area contributed by atoms with Gasteiger partial charge in [-0.1, -0.05) is 6.92 Å². The summed E-state index contributed by atoms with van der Waals surface area (Å²) in [6.45, 7) is 1.86. The number of carboxylic acids is 1. The molecule has 0 saturated heterocycles. The van der Waals surface area contributed by atoms with Crippen LogP contribution in [-0.2, 0) is 6.42 Å². The Balaban J connectivity index is 3.24. The lowest BCUT2D eigenvalue weighted by Gasteiger charge is -1.99. The fourth-order valence-electron chi connectivity index (χ4n) is 0.950. The molecule has 0 aliphatic rings. The number of nitriles is 1. The molecule has 0 radical (unpaired) electrons. The molecule has 0 saturated carbocycles. The minimum absolute atomic E-state index is 0.114. The van der Waals surface area contributed by atoms with E-state index in [0.717, 1.165) is 0 Å². The molecular weight excluding hydrogens is 168 g/mol. The van der Waals surface area contributed by atoms with Crippen molar-refractivity contribution in [2.75, 3.05) is 0 Å². The number of hydrogen-bond donors (Lipinski definition) is 1. The van der Waals surface area contributed by atoms with Crippen molar-refractivity contribution in [1.82, 2.24) is 4.98 Å². The van der Waals surface area contributed by atoms with E-state index in [2.05, 4.69) is 4.98 Å². The predicted molar refractivity (Wildman–Crippen MR) is 45.3 cm³/mol. The van der Waals surface area contributed by atoms with Crippen molar-refractivity contribution in [3.05, 3.63) is 29.1 Å². The van der Waals surface area contributed by atoms with Crippen LogP contribution in [0.15, 0.2) is 12.1 Å². The largest absolute Gasteiger partial charge is 0.478 e. The van der Waals surface area contributed by atoms with E-state index in [9.17, 15) is 4.79 Å². The third kappa shape index (κ3) is 2.03. The molecule has 66 valence electrons. The van der Waals surface area contributed by atoms with Crippen LogP contribution in [-0.4, -0.2) is 16.1 Å². The first-order valence-electron chi connectivity index (χ1n) is 3.81. The molecule has 1 aromatic rings. The van der Waals surface area contributed by atoms with Crippen LogP contribution in [0.3, 0.4) is 0 Å². The normalized spacial score (nSPS) is 9.23. The van der Waals surface area contributed by atoms with E-state index in [0.29, 0.717) is 12.1 Å². The predicted octanol–water partition coefficient (Wildman–Crippen LogP) is 1.21. The Kier molecular flexibility index (Phi) is 2.60. The van der Waals surface area contributed by atoms with Crippen LogP contribution in [0.1, 0.15) is 28.7 Å². The van der Waals surface area contributed by atoms with Crippen molar-refractivity contribution in [3.8, 4) is 6.07 Å². The number of rotatable bonds is 2. The highest BCUT2D eigenvalue weighted by Crippen LogP contribution is 2.06. The molecular formula is C9H8N2O2. The number of aromatic carboxylic acids is 1. The second-order valence-corrected chi connectivity index (χ2v) is 2.50. The maximum absolute atomic E-state index is 10.6. The lowest BCUT2D eigenvalue weighted by Crippen LogP contribution is -2.01. The monoisotopic (exact) mass is 176 g/mol. The van der Waals surface area contributed by atoms with Crippen LogP contribution in [0.4, 0.5) is 0 Å². The number of nitrogens with zero attached hydrogens (tertiary/aromatic N) is 2. The van der Waals surface area contributed by atoms with Gasteiger partial charge in [-0.2, -0.15) is 5.26 Å². The highest BCUT2D eigenvalue weighted by atomic mass is 16.4. The summed E-state index contributed by atoms with van der Waals surface area (Å²) in [5, 5.41) is 17.2. The Hall–Kier alpha value is -1.89. The fraction of sp³-hybridized carbons (Fsp3) is 0.222. The van der Waals surface area contributed by atoms with Gasteiger partial charge in [-0.05, 0) is 18.6 Å². The van der Waals surface area contributed by atoms with Gasteiger partial charge in [0.1, 0.15) is 11.8 Å². The highest BCUT2D eigenvalue weighted by Gasteiger charge is 2.06. The number of aromatic nitrogens is 1. The summed E-state index contributed by atoms with van der Waals surface area (Å²) in [6.07, 6.45) is 0.621. The van der Waals surface area contributed by atoms with Gasteiger partial charge in [-0.25, -0.2) is 9.78 Å². The molecule has 0 atom stereocenters. The van der Waals surface area contributed by atoms with Gasteiger partial charge < -0.3 is 5.11 Å². The molecule has 4 heteroatoms. The van der Waals surface area contributed by atoms with Gasteiger partial charge in [-0.15, -0.1) is 0 Å². The second-order valence-electron chi connectivity index (χ2n) is 2.50. The average Bonchev–Trinajstić information content (AvgIpc) is 2.16. The molecule has 1 rings (SSSR count). The van der Waals surface area contributed by atoms with E-state index in [1.807, 2.05) is 13.0 Å². The summed E-state index contributed by atoms with van der Waals surface area (Å²) in [7, 11) is 0. The van der Waals surface area contributed by atoms with Crippen LogP contribution < -0.4 is 0 Å². The average molecular weight is 176 g/mol. The Bertz CT molecular complexity index is 380. The van der Waals surface area contributed by atoms with Gasteiger partial charge in [0, 0.05) is 5.69 Å². The van der Waals surface area contributed by atoms with Crippen LogP contribution in [0.2, 0.25) is 0 Å². The summed E-state index contributed by atoms with van der Waals surface area (Å²) in [5.74, 6) is -1.03. The summed E-state index contributed by atoms with van der Waals surface area (Å²) >= 11 is 0. The number of carbonyl (C=O) groups is 1. The summed E-state index contributed by atoms with van der Waals surface area (Å²) in [4.78, 5) is 14.5. The van der Waals surface area contributed by atoms with Crippen molar-refractivity contribution in [1.29, 1.82) is 5.26 Å². The molecule has 0 bridgehead atoms. The Morgan fingerprint density at radius 2 is 2.38 bits per heavy atom. The molecule has 1 N–H and O–H groups in total. The molecule has 0 aromatic carbocycles. The zero-order valence-electron chi connectivity index (χ0n) is 7.11. The van der Waals surface area contributed by atoms with E-state index in [-0.39, 0.29) is 11.3 Å². The second kappa shape index (κ2) is 3.68. The number of aryl methyl sites for hydroxylation is 1. The van der Waals surface area contributed by atoms with E-state index < -0.39 is 5.97 Å². The third-order valence-corrected chi connectivity index (χ3v) is 1.60. The van der Waals surface area contributed by atoms with Gasteiger partial charge in [0.2, 0.25) is 0 Å². The van der Waals surface area contributed by atoms with E-state index in [1.54, 1.807) is 0 Å². The summed E-state index contributed by atoms with van der Waals surface area (Å²) < 4.78 is 0. The quantitative estimate of drug-likeness (QED) is 0.735. The van der Waals surface area contributed by atoms with Crippen molar-refractivity contribution < 1.29 is 9.90 Å². The lowest BCUT2D eigenvalue weighted by atomic mass is 10.1. The highest BCUT2D eigenvalue weighted by molar-refractivity contribution is 5.87. The molecule has 1 heterocycles. The molecule has 0 fully saturated rings. The van der Waals surface area contributed by atoms with Crippen LogP contribution >= 0.6 is 0 Å². The zero-order chi connectivity index (χ0) is 9.84. The van der Waals surface area contributed by atoms with Gasteiger partial charge in [0.15, 0.2) is 0 Å². The van der Waals surface area contributed by atoms with E-state index in [1.165, 1.54) is 12.1 Å². The van der Waals surface area contributed by atoms with Gasteiger partial charge in [0.05, 0.1) is 5.56 Å². The van der Waals surface area contributed by atoms with Crippen molar-refractivity contribution in [2.45, 2.75) is 13.3 Å². The number of carboxylic acid groups (broad SMARTS) is 1. The zero-order valence-corrected chi connectivity index (χ0v) is 7.11. The standard InChI is InChI=1S/C9H8N2O2/c1-2-7-3-6(9(12)13)4-8(5-10)11-7/h3-4H,2H2,1H3,(H,12,13). The maximum Gasteiger partial charge on any atom is 0.335 e. The molecule has 13 heavy (non-hydrogen) atoms. The van der Waals surface area contributed by atoms with Crippen LogP contribution in [0.25, 0.3) is 0 Å². The Labute approximate surface area is 75.5 Å². The van der Waals surface area contributed by atoms with Crippen molar-refractivity contribution >= 4 is 5.97 Å². The van der Waals surface area contributed by atoms with Gasteiger partial charge >= 0.3 is 5.97 Å². The SMILES string of the molecule is CCc1cc(C(=O)O)cc(C#N)n1. The minimum Gasteiger partial charge on any atom is -0.478 e. The first kappa shape index (κ1) is 9.20. The van der Waals surface area contributed by atoms with Crippen molar-refractivity contribution in [2.24, 2.45) is 0 Å². The van der Waals surface area contributed by atoms with E-state index >= 15 is 0 Å². The fourth-order valence-corrected chi connectivity index (χ4v) is 0.950. The first-order chi connectivity index (χ1) is 6.17. The smallest absolute Gasteiger partial charge is 0.335 e. The molecule has 1 aromatic heterocycles.